The lowest BCUT2D eigenvalue weighted by Crippen LogP contribution is -2.39. The highest BCUT2D eigenvalue weighted by Crippen LogP contribution is 2.22. The molecule has 3 aromatic rings. The van der Waals surface area contributed by atoms with E-state index < -0.39 is 0 Å². The normalized spacial score (nSPS) is 11.4. The molecule has 3 rings (SSSR count). The molecule has 0 saturated heterocycles. The number of nitrogens with one attached hydrogen (secondary N) is 2. The Morgan fingerprint density at radius 2 is 1.48 bits per heavy atom. The van der Waals surface area contributed by atoms with Crippen LogP contribution in [0.2, 0.25) is 0 Å². The smallest absolute Gasteiger partial charge is 0.255 e. The summed E-state index contributed by atoms with van der Waals surface area (Å²) >= 11 is 0. The second-order valence-corrected chi connectivity index (χ2v) is 8.19. The molecule has 33 heavy (non-hydrogen) atoms. The van der Waals surface area contributed by atoms with Crippen molar-refractivity contribution in [3.8, 4) is 0 Å². The lowest BCUT2D eigenvalue weighted by molar-refractivity contribution is -0.130. The third kappa shape index (κ3) is 6.29. The Hall–Kier alpha value is -3.93. The Kier molecular flexibility index (Phi) is 7.61. The van der Waals surface area contributed by atoms with Crippen molar-refractivity contribution in [2.45, 2.75) is 26.8 Å². The number of anilines is 1. The minimum absolute atomic E-state index is 0.100. The Balaban J connectivity index is 1.61. The molecule has 0 aliphatic heterocycles. The summed E-state index contributed by atoms with van der Waals surface area (Å²) < 4.78 is 0. The fourth-order valence-corrected chi connectivity index (χ4v) is 3.60. The number of aryl methyl sites for hydroxylation is 2. The highest BCUT2D eigenvalue weighted by molar-refractivity contribution is 6.04. The van der Waals surface area contributed by atoms with Crippen LogP contribution in [0.15, 0.2) is 72.8 Å². The molecule has 1 atom stereocenters. The maximum atomic E-state index is 12.7. The van der Waals surface area contributed by atoms with Gasteiger partial charge in [0.25, 0.3) is 11.8 Å². The van der Waals surface area contributed by atoms with Gasteiger partial charge in [-0.25, -0.2) is 0 Å². The number of hydrogen-bond donors (Lipinski definition) is 2. The van der Waals surface area contributed by atoms with Gasteiger partial charge in [0.2, 0.25) is 5.91 Å². The molecule has 1 unspecified atom stereocenters. The molecule has 3 aromatic carbocycles. The molecule has 0 radical (unpaired) electrons. The van der Waals surface area contributed by atoms with Crippen LogP contribution in [-0.4, -0.2) is 36.2 Å². The Bertz CT molecular complexity index is 1140. The van der Waals surface area contributed by atoms with Crippen molar-refractivity contribution >= 4 is 23.4 Å². The van der Waals surface area contributed by atoms with Crippen molar-refractivity contribution in [2.24, 2.45) is 0 Å². The molecular weight excluding hydrogens is 414 g/mol. The monoisotopic (exact) mass is 443 g/mol. The molecule has 2 N–H and O–H groups in total. The summed E-state index contributed by atoms with van der Waals surface area (Å²) in [5.41, 5.74) is 4.63. The van der Waals surface area contributed by atoms with Crippen LogP contribution in [0.4, 0.5) is 5.69 Å². The number of hydrogen-bond acceptors (Lipinski definition) is 3. The molecular formula is C27H29N3O3. The highest BCUT2D eigenvalue weighted by atomic mass is 16.2. The van der Waals surface area contributed by atoms with Crippen LogP contribution in [0.25, 0.3) is 0 Å². The summed E-state index contributed by atoms with van der Waals surface area (Å²) in [6, 6.07) is 21.7. The summed E-state index contributed by atoms with van der Waals surface area (Å²) in [7, 11) is 1.70. The van der Waals surface area contributed by atoms with Crippen LogP contribution >= 0.6 is 0 Å². The molecule has 0 aliphatic rings. The number of nitrogens with zero attached hydrogens (tertiary/aromatic N) is 1. The van der Waals surface area contributed by atoms with Gasteiger partial charge in [-0.15, -0.1) is 0 Å². The summed E-state index contributed by atoms with van der Waals surface area (Å²) in [6.45, 7) is 5.67. The molecule has 0 fully saturated rings. The van der Waals surface area contributed by atoms with E-state index >= 15 is 0 Å². The Labute approximate surface area is 194 Å². The van der Waals surface area contributed by atoms with Gasteiger partial charge in [-0.2, -0.15) is 0 Å². The van der Waals surface area contributed by atoms with Crippen LogP contribution in [0.5, 0.6) is 0 Å². The molecule has 0 aromatic heterocycles. The molecule has 0 spiro atoms. The average Bonchev–Trinajstić information content (AvgIpc) is 2.81. The molecule has 0 heterocycles. The molecule has 0 saturated carbocycles. The third-order valence-electron chi connectivity index (χ3n) is 5.52. The zero-order chi connectivity index (χ0) is 24.0. The topological polar surface area (TPSA) is 78.5 Å². The Morgan fingerprint density at radius 1 is 0.818 bits per heavy atom. The zero-order valence-electron chi connectivity index (χ0n) is 19.4. The number of benzene rings is 3. The van der Waals surface area contributed by atoms with Gasteiger partial charge in [0.1, 0.15) is 0 Å². The van der Waals surface area contributed by atoms with Crippen molar-refractivity contribution in [3.63, 3.8) is 0 Å². The van der Waals surface area contributed by atoms with E-state index in [0.717, 1.165) is 16.7 Å². The van der Waals surface area contributed by atoms with Gasteiger partial charge < -0.3 is 15.5 Å². The molecule has 3 amide bonds. The fraction of sp³-hybridized carbons (Fsp3) is 0.222. The van der Waals surface area contributed by atoms with Gasteiger partial charge in [-0.05, 0) is 62.7 Å². The minimum atomic E-state index is -0.276. The number of amides is 3. The summed E-state index contributed by atoms with van der Waals surface area (Å²) in [5.74, 6) is -0.681. The van der Waals surface area contributed by atoms with Gasteiger partial charge >= 0.3 is 0 Å². The number of carbonyl (C=O) groups is 3. The second-order valence-electron chi connectivity index (χ2n) is 8.19. The fourth-order valence-electron chi connectivity index (χ4n) is 3.60. The molecule has 6 nitrogen and oxygen atoms in total. The van der Waals surface area contributed by atoms with Gasteiger partial charge in [0.15, 0.2) is 0 Å². The first-order valence-corrected chi connectivity index (χ1v) is 10.8. The van der Waals surface area contributed by atoms with Gasteiger partial charge in [-0.3, -0.25) is 14.4 Å². The Morgan fingerprint density at radius 3 is 2.15 bits per heavy atom. The first kappa shape index (κ1) is 23.7. The standard InChI is InChI=1S/C27H29N3O3/c1-18-13-19(2)15-23(14-18)26(32)28-17-25(31)30(4)20(3)22-11-8-12-24(16-22)29-27(33)21-9-6-5-7-10-21/h5-16,20H,17H2,1-4H3,(H,28,32)(H,29,33). The molecule has 6 heteroatoms. The van der Waals surface area contributed by atoms with E-state index in [2.05, 4.69) is 10.6 Å². The average molecular weight is 444 g/mol. The summed E-state index contributed by atoms with van der Waals surface area (Å²) in [4.78, 5) is 39.2. The van der Waals surface area contributed by atoms with Crippen molar-refractivity contribution in [1.82, 2.24) is 10.2 Å². The predicted molar refractivity (Wildman–Crippen MR) is 130 cm³/mol. The molecule has 170 valence electrons. The first-order valence-electron chi connectivity index (χ1n) is 10.8. The van der Waals surface area contributed by atoms with E-state index in [0.29, 0.717) is 16.8 Å². The van der Waals surface area contributed by atoms with Crippen molar-refractivity contribution in [2.75, 3.05) is 18.9 Å². The van der Waals surface area contributed by atoms with E-state index in [1.807, 2.05) is 69.3 Å². The number of rotatable bonds is 7. The van der Waals surface area contributed by atoms with Gasteiger partial charge in [0.05, 0.1) is 12.6 Å². The maximum Gasteiger partial charge on any atom is 0.255 e. The van der Waals surface area contributed by atoms with Crippen LogP contribution < -0.4 is 10.6 Å². The lowest BCUT2D eigenvalue weighted by atomic mass is 10.1. The quantitative estimate of drug-likeness (QED) is 0.564. The summed E-state index contributed by atoms with van der Waals surface area (Å²) in [6.07, 6.45) is 0. The van der Waals surface area contributed by atoms with E-state index in [4.69, 9.17) is 0 Å². The van der Waals surface area contributed by atoms with Crippen molar-refractivity contribution in [3.05, 3.63) is 101 Å². The van der Waals surface area contributed by atoms with E-state index in [-0.39, 0.29) is 30.3 Å². The predicted octanol–water partition coefficient (Wildman–Crippen LogP) is 4.51. The van der Waals surface area contributed by atoms with Gasteiger partial charge in [0, 0.05) is 23.9 Å². The molecule has 0 aliphatic carbocycles. The van der Waals surface area contributed by atoms with Crippen molar-refractivity contribution < 1.29 is 14.4 Å². The van der Waals surface area contributed by atoms with E-state index in [1.54, 1.807) is 36.2 Å². The summed E-state index contributed by atoms with van der Waals surface area (Å²) in [5, 5.41) is 5.60. The maximum absolute atomic E-state index is 12.7. The zero-order valence-corrected chi connectivity index (χ0v) is 19.4. The third-order valence-corrected chi connectivity index (χ3v) is 5.52. The van der Waals surface area contributed by atoms with Crippen LogP contribution in [-0.2, 0) is 4.79 Å². The molecule has 0 bridgehead atoms. The van der Waals surface area contributed by atoms with Crippen LogP contribution in [0, 0.1) is 13.8 Å². The first-order chi connectivity index (χ1) is 15.7. The van der Waals surface area contributed by atoms with Crippen molar-refractivity contribution in [1.29, 1.82) is 0 Å². The number of carbonyl (C=O) groups excluding carboxylic acids is 3. The van der Waals surface area contributed by atoms with Crippen LogP contribution in [0.1, 0.15) is 50.4 Å². The second kappa shape index (κ2) is 10.6. The SMILES string of the molecule is Cc1cc(C)cc(C(=O)NCC(=O)N(C)C(C)c2cccc(NC(=O)c3ccccc3)c2)c1. The number of likely N-dealkylation sites (N-methyl/N-ethyl adjacent to an activating group) is 1. The van der Waals surface area contributed by atoms with Crippen LogP contribution in [0.3, 0.4) is 0 Å². The minimum Gasteiger partial charge on any atom is -0.343 e. The highest BCUT2D eigenvalue weighted by Gasteiger charge is 2.19. The van der Waals surface area contributed by atoms with E-state index in [9.17, 15) is 14.4 Å². The largest absolute Gasteiger partial charge is 0.343 e. The van der Waals surface area contributed by atoms with Gasteiger partial charge in [-0.1, -0.05) is 47.5 Å². The lowest BCUT2D eigenvalue weighted by Gasteiger charge is -2.26. The van der Waals surface area contributed by atoms with E-state index in [1.165, 1.54) is 0 Å².